The standard InChI is InChI=1S/C10H10F4N2O3S/c1-15-10(17)4-5(11)6(12)7(13)8(14)9(4)20(18,19)16(2)3/h1-3H3,(H,15,17). The summed E-state index contributed by atoms with van der Waals surface area (Å²) in [5, 5.41) is 1.83. The number of nitrogens with zero attached hydrogens (tertiary/aromatic N) is 1. The van der Waals surface area contributed by atoms with E-state index in [4.69, 9.17) is 0 Å². The second kappa shape index (κ2) is 5.37. The number of benzene rings is 1. The monoisotopic (exact) mass is 314 g/mol. The lowest BCUT2D eigenvalue weighted by molar-refractivity contribution is 0.0952. The predicted octanol–water partition coefficient (Wildman–Crippen LogP) is 0.853. The maximum Gasteiger partial charge on any atom is 0.255 e. The second-order valence-corrected chi connectivity index (χ2v) is 5.92. The molecule has 0 fully saturated rings. The Hall–Kier alpha value is -1.68. The van der Waals surface area contributed by atoms with Crippen molar-refractivity contribution < 1.29 is 30.8 Å². The molecule has 0 bridgehead atoms. The van der Waals surface area contributed by atoms with Crippen LogP contribution in [0.5, 0.6) is 0 Å². The molecular weight excluding hydrogens is 304 g/mol. The second-order valence-electron chi connectivity index (χ2n) is 3.83. The molecular formula is C10H10F4N2O3S. The van der Waals surface area contributed by atoms with Gasteiger partial charge in [-0.1, -0.05) is 0 Å². The van der Waals surface area contributed by atoms with Crippen LogP contribution >= 0.6 is 0 Å². The van der Waals surface area contributed by atoms with Crippen LogP contribution in [0, 0.1) is 23.3 Å². The summed E-state index contributed by atoms with van der Waals surface area (Å²) in [5.74, 6) is -10.2. The van der Waals surface area contributed by atoms with E-state index in [9.17, 15) is 30.8 Å². The minimum Gasteiger partial charge on any atom is -0.355 e. The van der Waals surface area contributed by atoms with Gasteiger partial charge < -0.3 is 5.32 Å². The molecule has 0 saturated heterocycles. The maximum absolute atomic E-state index is 13.7. The lowest BCUT2D eigenvalue weighted by Gasteiger charge is -2.16. The summed E-state index contributed by atoms with van der Waals surface area (Å²) >= 11 is 0. The number of hydrogen-bond donors (Lipinski definition) is 1. The van der Waals surface area contributed by atoms with E-state index in [0.29, 0.717) is 4.31 Å². The molecule has 1 rings (SSSR count). The third-order valence-electron chi connectivity index (χ3n) is 2.42. The van der Waals surface area contributed by atoms with Gasteiger partial charge in [-0.15, -0.1) is 0 Å². The Kier molecular flexibility index (Phi) is 4.39. The van der Waals surface area contributed by atoms with E-state index in [1.165, 1.54) is 0 Å². The Morgan fingerprint density at radius 3 is 1.85 bits per heavy atom. The number of carbonyl (C=O) groups is 1. The summed E-state index contributed by atoms with van der Waals surface area (Å²) < 4.78 is 77.8. The SMILES string of the molecule is CNC(=O)c1c(F)c(F)c(F)c(F)c1S(=O)(=O)N(C)C. The summed E-state index contributed by atoms with van der Waals surface area (Å²) in [5.41, 5.74) is -1.42. The first-order chi connectivity index (χ1) is 9.07. The minimum absolute atomic E-state index is 0.439. The van der Waals surface area contributed by atoms with Crippen LogP contribution in [0.25, 0.3) is 0 Å². The fourth-order valence-electron chi connectivity index (χ4n) is 1.36. The normalized spacial score (nSPS) is 11.8. The Bertz CT molecular complexity index is 674. The highest BCUT2D eigenvalue weighted by molar-refractivity contribution is 7.89. The highest BCUT2D eigenvalue weighted by Crippen LogP contribution is 2.29. The number of rotatable bonds is 3. The first kappa shape index (κ1) is 16.4. The molecule has 0 heterocycles. The van der Waals surface area contributed by atoms with Gasteiger partial charge in [-0.25, -0.2) is 30.3 Å². The summed E-state index contributed by atoms with van der Waals surface area (Å²) in [7, 11) is -1.79. The summed E-state index contributed by atoms with van der Waals surface area (Å²) in [6.45, 7) is 0. The van der Waals surface area contributed by atoms with Crippen LogP contribution < -0.4 is 5.32 Å². The molecule has 1 amide bonds. The lowest BCUT2D eigenvalue weighted by atomic mass is 10.1. The molecule has 0 aliphatic heterocycles. The molecule has 5 nitrogen and oxygen atoms in total. The fraction of sp³-hybridized carbons (Fsp3) is 0.300. The number of sulfonamides is 1. The van der Waals surface area contributed by atoms with Crippen molar-refractivity contribution in [3.05, 3.63) is 28.8 Å². The lowest BCUT2D eigenvalue weighted by Crippen LogP contribution is -2.30. The van der Waals surface area contributed by atoms with E-state index in [1.807, 2.05) is 5.32 Å². The molecule has 0 spiro atoms. The van der Waals surface area contributed by atoms with Crippen LogP contribution in [0.1, 0.15) is 10.4 Å². The fourth-order valence-corrected chi connectivity index (χ4v) is 2.49. The molecule has 1 aromatic carbocycles. The zero-order valence-corrected chi connectivity index (χ0v) is 11.4. The van der Waals surface area contributed by atoms with Gasteiger partial charge in [-0.3, -0.25) is 4.79 Å². The van der Waals surface area contributed by atoms with Crippen LogP contribution in [0.3, 0.4) is 0 Å². The van der Waals surface area contributed by atoms with E-state index in [0.717, 1.165) is 21.1 Å². The van der Waals surface area contributed by atoms with Gasteiger partial charge in [0.1, 0.15) is 10.5 Å². The number of amides is 1. The van der Waals surface area contributed by atoms with Crippen LogP contribution in [0.4, 0.5) is 17.6 Å². The molecule has 0 aromatic heterocycles. The Labute approximate surface area is 112 Å². The average Bonchev–Trinajstić information content (AvgIpc) is 2.38. The van der Waals surface area contributed by atoms with Crippen LogP contribution in [0.15, 0.2) is 4.90 Å². The third-order valence-corrected chi connectivity index (χ3v) is 4.28. The Morgan fingerprint density at radius 1 is 1.00 bits per heavy atom. The van der Waals surface area contributed by atoms with Crippen molar-refractivity contribution in [3.8, 4) is 0 Å². The predicted molar refractivity (Wildman–Crippen MR) is 60.5 cm³/mol. The Morgan fingerprint density at radius 2 is 1.45 bits per heavy atom. The van der Waals surface area contributed by atoms with Crippen LogP contribution in [-0.2, 0) is 10.0 Å². The molecule has 1 aromatic rings. The molecule has 1 N–H and O–H groups in total. The van der Waals surface area contributed by atoms with Crippen molar-refractivity contribution >= 4 is 15.9 Å². The highest BCUT2D eigenvalue weighted by atomic mass is 32.2. The molecule has 0 aliphatic carbocycles. The van der Waals surface area contributed by atoms with Crippen molar-refractivity contribution in [2.24, 2.45) is 0 Å². The smallest absolute Gasteiger partial charge is 0.255 e. The number of halogens is 4. The van der Waals surface area contributed by atoms with Gasteiger partial charge in [-0.05, 0) is 0 Å². The van der Waals surface area contributed by atoms with E-state index in [2.05, 4.69) is 0 Å². The largest absolute Gasteiger partial charge is 0.355 e. The molecule has 20 heavy (non-hydrogen) atoms. The van der Waals surface area contributed by atoms with E-state index < -0.39 is 49.7 Å². The maximum atomic E-state index is 13.7. The van der Waals surface area contributed by atoms with Gasteiger partial charge in [0.05, 0.1) is 0 Å². The highest BCUT2D eigenvalue weighted by Gasteiger charge is 2.36. The molecule has 0 saturated carbocycles. The van der Waals surface area contributed by atoms with Crippen LogP contribution in [-0.4, -0.2) is 39.8 Å². The van der Waals surface area contributed by atoms with Crippen molar-refractivity contribution in [1.29, 1.82) is 0 Å². The van der Waals surface area contributed by atoms with Crippen molar-refractivity contribution in [3.63, 3.8) is 0 Å². The number of hydrogen-bond acceptors (Lipinski definition) is 3. The quantitative estimate of drug-likeness (QED) is 0.511. The van der Waals surface area contributed by atoms with E-state index >= 15 is 0 Å². The average molecular weight is 314 g/mol. The molecule has 0 unspecified atom stereocenters. The topological polar surface area (TPSA) is 66.5 Å². The molecule has 112 valence electrons. The van der Waals surface area contributed by atoms with Crippen molar-refractivity contribution in [2.75, 3.05) is 21.1 Å². The molecule has 0 atom stereocenters. The van der Waals surface area contributed by atoms with Crippen LogP contribution in [0.2, 0.25) is 0 Å². The summed E-state index contributed by atoms with van der Waals surface area (Å²) in [6.07, 6.45) is 0. The van der Waals surface area contributed by atoms with Crippen molar-refractivity contribution in [2.45, 2.75) is 4.90 Å². The number of carbonyl (C=O) groups excluding carboxylic acids is 1. The number of nitrogens with one attached hydrogen (secondary N) is 1. The van der Waals surface area contributed by atoms with Gasteiger partial charge in [0.25, 0.3) is 5.91 Å². The Balaban J connectivity index is 3.97. The third kappa shape index (κ3) is 2.36. The van der Waals surface area contributed by atoms with Gasteiger partial charge in [-0.2, -0.15) is 0 Å². The summed E-state index contributed by atoms with van der Waals surface area (Å²) in [6, 6.07) is 0. The van der Waals surface area contributed by atoms with Gasteiger partial charge in [0.2, 0.25) is 10.0 Å². The van der Waals surface area contributed by atoms with E-state index in [-0.39, 0.29) is 0 Å². The van der Waals surface area contributed by atoms with Gasteiger partial charge >= 0.3 is 0 Å². The first-order valence-electron chi connectivity index (χ1n) is 5.07. The zero-order chi connectivity index (χ0) is 15.8. The van der Waals surface area contributed by atoms with Gasteiger partial charge in [0.15, 0.2) is 23.3 Å². The molecule has 0 aliphatic rings. The molecule has 10 heteroatoms. The van der Waals surface area contributed by atoms with E-state index in [1.54, 1.807) is 0 Å². The van der Waals surface area contributed by atoms with Gasteiger partial charge in [0, 0.05) is 21.1 Å². The molecule has 0 radical (unpaired) electrons. The van der Waals surface area contributed by atoms with Crippen molar-refractivity contribution in [1.82, 2.24) is 9.62 Å². The first-order valence-corrected chi connectivity index (χ1v) is 6.51. The summed E-state index contributed by atoms with van der Waals surface area (Å²) in [4.78, 5) is 9.89. The minimum atomic E-state index is -4.70. The zero-order valence-electron chi connectivity index (χ0n) is 10.6.